The smallest absolute Gasteiger partial charge is 0.287 e. The highest BCUT2D eigenvalue weighted by molar-refractivity contribution is 5.99. The summed E-state index contributed by atoms with van der Waals surface area (Å²) in [6, 6.07) is 5.95. The molecular weight excluding hydrogens is 344 g/mol. The van der Waals surface area contributed by atoms with Gasteiger partial charge in [-0.3, -0.25) is 9.59 Å². The number of nitrogens with one attached hydrogen (secondary N) is 1. The van der Waals surface area contributed by atoms with E-state index < -0.39 is 0 Å². The summed E-state index contributed by atoms with van der Waals surface area (Å²) in [4.78, 5) is 27.0. The molecule has 6 heteroatoms. The van der Waals surface area contributed by atoms with Crippen molar-refractivity contribution in [2.45, 2.75) is 45.1 Å². The standard InChI is InChI=1S/C21H26N2O4/c1-13-17-8-7-16(26-2)10-18(17)27-20(13)21(25)22-11-14-9-19(24)23(12-14)15-5-3-4-6-15/h7-8,10,14-15H,3-6,9,11-12H2,1-2H3,(H,22,25)/t14-/m0/s1. The van der Waals surface area contributed by atoms with Crippen LogP contribution < -0.4 is 10.1 Å². The van der Waals surface area contributed by atoms with Gasteiger partial charge >= 0.3 is 0 Å². The average Bonchev–Trinajstić information content (AvgIpc) is 3.39. The Morgan fingerprint density at radius 3 is 2.85 bits per heavy atom. The maximum atomic E-state index is 12.6. The van der Waals surface area contributed by atoms with E-state index >= 15 is 0 Å². The number of carbonyl (C=O) groups excluding carboxylic acids is 2. The fourth-order valence-corrected chi connectivity index (χ4v) is 4.38. The molecule has 2 aromatic rings. The molecule has 2 fully saturated rings. The summed E-state index contributed by atoms with van der Waals surface area (Å²) in [6.07, 6.45) is 5.18. The van der Waals surface area contributed by atoms with Crippen molar-refractivity contribution in [3.63, 3.8) is 0 Å². The molecule has 0 bridgehead atoms. The number of hydrogen-bond acceptors (Lipinski definition) is 4. The molecule has 6 nitrogen and oxygen atoms in total. The quantitative estimate of drug-likeness (QED) is 0.877. The zero-order valence-electron chi connectivity index (χ0n) is 15.9. The Morgan fingerprint density at radius 1 is 1.33 bits per heavy atom. The van der Waals surface area contributed by atoms with Crippen molar-refractivity contribution >= 4 is 22.8 Å². The van der Waals surface area contributed by atoms with Crippen LogP contribution in [-0.2, 0) is 4.79 Å². The first kappa shape index (κ1) is 17.9. The van der Waals surface area contributed by atoms with E-state index in [9.17, 15) is 9.59 Å². The minimum absolute atomic E-state index is 0.173. The number of nitrogens with zero attached hydrogens (tertiary/aromatic N) is 1. The molecule has 27 heavy (non-hydrogen) atoms. The summed E-state index contributed by atoms with van der Waals surface area (Å²) in [6.45, 7) is 3.13. The summed E-state index contributed by atoms with van der Waals surface area (Å²) in [5.41, 5.74) is 1.46. The Labute approximate surface area is 158 Å². The third-order valence-electron chi connectivity index (χ3n) is 5.91. The molecule has 1 saturated carbocycles. The maximum absolute atomic E-state index is 12.6. The summed E-state index contributed by atoms with van der Waals surface area (Å²) in [5, 5.41) is 3.87. The van der Waals surface area contributed by atoms with Crippen molar-refractivity contribution in [3.05, 3.63) is 29.5 Å². The lowest BCUT2D eigenvalue weighted by Crippen LogP contribution is -2.36. The maximum Gasteiger partial charge on any atom is 0.287 e. The Morgan fingerprint density at radius 2 is 2.11 bits per heavy atom. The highest BCUT2D eigenvalue weighted by Gasteiger charge is 2.35. The number of methoxy groups -OCH3 is 1. The number of hydrogen-bond donors (Lipinski definition) is 1. The molecule has 1 atom stereocenters. The molecule has 0 unspecified atom stereocenters. The van der Waals surface area contributed by atoms with E-state index in [1.807, 2.05) is 24.0 Å². The van der Waals surface area contributed by atoms with Crippen molar-refractivity contribution in [3.8, 4) is 5.75 Å². The molecule has 0 radical (unpaired) electrons. The van der Waals surface area contributed by atoms with Crippen LogP contribution in [-0.4, -0.2) is 43.0 Å². The van der Waals surface area contributed by atoms with Gasteiger partial charge in [-0.1, -0.05) is 12.8 Å². The summed E-state index contributed by atoms with van der Waals surface area (Å²) in [7, 11) is 1.60. The van der Waals surface area contributed by atoms with Crippen LogP contribution >= 0.6 is 0 Å². The number of aryl methyl sites for hydroxylation is 1. The molecular formula is C21H26N2O4. The molecule has 4 rings (SSSR count). The van der Waals surface area contributed by atoms with Crippen molar-refractivity contribution in [1.82, 2.24) is 10.2 Å². The molecule has 144 valence electrons. The summed E-state index contributed by atoms with van der Waals surface area (Å²) < 4.78 is 11.0. The predicted octanol–water partition coefficient (Wildman–Crippen LogP) is 3.27. The van der Waals surface area contributed by atoms with E-state index in [0.717, 1.165) is 30.3 Å². The van der Waals surface area contributed by atoms with Crippen LogP contribution in [0.3, 0.4) is 0 Å². The van der Waals surface area contributed by atoms with Gasteiger partial charge < -0.3 is 19.4 Å². The first-order valence-corrected chi connectivity index (χ1v) is 9.71. The van der Waals surface area contributed by atoms with Crippen molar-refractivity contribution in [1.29, 1.82) is 0 Å². The highest BCUT2D eigenvalue weighted by Crippen LogP contribution is 2.30. The van der Waals surface area contributed by atoms with Gasteiger partial charge in [0.1, 0.15) is 11.3 Å². The largest absolute Gasteiger partial charge is 0.497 e. The topological polar surface area (TPSA) is 71.8 Å². The number of carbonyl (C=O) groups is 2. The second kappa shape index (κ2) is 7.25. The molecule has 1 aromatic heterocycles. The first-order valence-electron chi connectivity index (χ1n) is 9.71. The van der Waals surface area contributed by atoms with E-state index in [0.29, 0.717) is 36.1 Å². The molecule has 1 aliphatic carbocycles. The van der Waals surface area contributed by atoms with Gasteiger partial charge in [0.2, 0.25) is 5.91 Å². The number of furan rings is 1. The minimum atomic E-state index is -0.227. The average molecular weight is 370 g/mol. The van der Waals surface area contributed by atoms with Crippen LogP contribution in [0.2, 0.25) is 0 Å². The zero-order chi connectivity index (χ0) is 19.0. The fourth-order valence-electron chi connectivity index (χ4n) is 4.38. The number of likely N-dealkylation sites (tertiary alicyclic amines) is 1. The number of benzene rings is 1. The fraction of sp³-hybridized carbons (Fsp3) is 0.524. The van der Waals surface area contributed by atoms with E-state index in [1.54, 1.807) is 13.2 Å². The molecule has 2 aliphatic rings. The molecule has 1 saturated heterocycles. The molecule has 1 N–H and O–H groups in total. The van der Waals surface area contributed by atoms with Crippen LogP contribution in [0.5, 0.6) is 5.75 Å². The van der Waals surface area contributed by atoms with E-state index in [-0.39, 0.29) is 17.7 Å². The van der Waals surface area contributed by atoms with E-state index in [4.69, 9.17) is 9.15 Å². The van der Waals surface area contributed by atoms with Crippen LogP contribution in [0, 0.1) is 12.8 Å². The van der Waals surface area contributed by atoms with Crippen molar-refractivity contribution in [2.75, 3.05) is 20.2 Å². The van der Waals surface area contributed by atoms with Gasteiger partial charge in [-0.15, -0.1) is 0 Å². The number of fused-ring (bicyclic) bond motifs is 1. The zero-order valence-corrected chi connectivity index (χ0v) is 15.9. The second-order valence-corrected chi connectivity index (χ2v) is 7.68. The van der Waals surface area contributed by atoms with Gasteiger partial charge in [-0.2, -0.15) is 0 Å². The van der Waals surface area contributed by atoms with Gasteiger partial charge in [0.25, 0.3) is 5.91 Å². The third kappa shape index (κ3) is 3.40. The van der Waals surface area contributed by atoms with E-state index in [2.05, 4.69) is 5.32 Å². The summed E-state index contributed by atoms with van der Waals surface area (Å²) in [5.74, 6) is 1.20. The lowest BCUT2D eigenvalue weighted by molar-refractivity contribution is -0.129. The van der Waals surface area contributed by atoms with Gasteiger partial charge in [0.05, 0.1) is 7.11 Å². The Kier molecular flexibility index (Phi) is 4.81. The van der Waals surface area contributed by atoms with Crippen LogP contribution in [0.4, 0.5) is 0 Å². The molecule has 2 amide bonds. The van der Waals surface area contributed by atoms with Gasteiger partial charge in [0, 0.05) is 48.5 Å². The highest BCUT2D eigenvalue weighted by atomic mass is 16.5. The Bertz CT molecular complexity index is 866. The van der Waals surface area contributed by atoms with Gasteiger partial charge in [0.15, 0.2) is 5.76 Å². The van der Waals surface area contributed by atoms with Crippen LogP contribution in [0.1, 0.15) is 48.2 Å². The number of rotatable bonds is 5. The van der Waals surface area contributed by atoms with E-state index in [1.165, 1.54) is 12.8 Å². The lowest BCUT2D eigenvalue weighted by atomic mass is 10.1. The second-order valence-electron chi connectivity index (χ2n) is 7.68. The lowest BCUT2D eigenvalue weighted by Gasteiger charge is -2.24. The van der Waals surface area contributed by atoms with Crippen molar-refractivity contribution < 1.29 is 18.7 Å². The van der Waals surface area contributed by atoms with Crippen LogP contribution in [0.25, 0.3) is 11.0 Å². The summed E-state index contributed by atoms with van der Waals surface area (Å²) >= 11 is 0. The number of amides is 2. The Balaban J connectivity index is 1.40. The third-order valence-corrected chi connectivity index (χ3v) is 5.91. The van der Waals surface area contributed by atoms with Gasteiger partial charge in [-0.25, -0.2) is 0 Å². The van der Waals surface area contributed by atoms with Crippen LogP contribution in [0.15, 0.2) is 22.6 Å². The predicted molar refractivity (Wildman–Crippen MR) is 102 cm³/mol. The molecule has 1 aliphatic heterocycles. The van der Waals surface area contributed by atoms with Crippen molar-refractivity contribution in [2.24, 2.45) is 5.92 Å². The number of ether oxygens (including phenoxy) is 1. The Hall–Kier alpha value is -2.50. The monoisotopic (exact) mass is 370 g/mol. The van der Waals surface area contributed by atoms with Gasteiger partial charge in [-0.05, 0) is 31.9 Å². The minimum Gasteiger partial charge on any atom is -0.497 e. The SMILES string of the molecule is COc1ccc2c(C)c(C(=O)NC[C@@H]3CC(=O)N(C4CCCC4)C3)oc2c1. The first-order chi connectivity index (χ1) is 13.1. The molecule has 2 heterocycles. The molecule has 1 aromatic carbocycles. The normalized spacial score (nSPS) is 20.6. The molecule has 0 spiro atoms.